The van der Waals surface area contributed by atoms with E-state index in [0.29, 0.717) is 19.5 Å². The van der Waals surface area contributed by atoms with Crippen molar-refractivity contribution in [3.63, 3.8) is 0 Å². The molecule has 1 fully saturated rings. The van der Waals surface area contributed by atoms with Crippen LogP contribution in [0.1, 0.15) is 40.5 Å². The van der Waals surface area contributed by atoms with E-state index in [1.54, 1.807) is 4.90 Å². The van der Waals surface area contributed by atoms with Crippen molar-refractivity contribution < 1.29 is 14.3 Å². The molecule has 2 amide bonds. The summed E-state index contributed by atoms with van der Waals surface area (Å²) in [4.78, 5) is 24.7. The molecule has 0 aromatic carbocycles. The Morgan fingerprint density at radius 2 is 2.00 bits per heavy atom. The van der Waals surface area contributed by atoms with Crippen LogP contribution in [0.15, 0.2) is 0 Å². The van der Waals surface area contributed by atoms with Crippen molar-refractivity contribution in [1.29, 1.82) is 0 Å². The highest BCUT2D eigenvalue weighted by Crippen LogP contribution is 2.27. The Morgan fingerprint density at radius 1 is 1.42 bits per heavy atom. The number of nitrogens with zero attached hydrogens (tertiary/aromatic N) is 1. The van der Waals surface area contributed by atoms with Crippen molar-refractivity contribution in [2.45, 2.75) is 51.7 Å². The first kappa shape index (κ1) is 15.8. The van der Waals surface area contributed by atoms with Crippen LogP contribution in [0.4, 0.5) is 4.79 Å². The van der Waals surface area contributed by atoms with E-state index in [4.69, 9.17) is 16.2 Å². The number of primary amides is 1. The lowest BCUT2D eigenvalue weighted by Gasteiger charge is -2.42. The number of carbonyl (C=O) groups is 2. The van der Waals surface area contributed by atoms with Gasteiger partial charge in [-0.2, -0.15) is 0 Å². The van der Waals surface area contributed by atoms with Crippen LogP contribution in [0.5, 0.6) is 0 Å². The first-order valence-electron chi connectivity index (χ1n) is 6.56. The number of amides is 2. The Labute approximate surface area is 114 Å². The second-order valence-corrected chi connectivity index (χ2v) is 6.68. The predicted molar refractivity (Wildman–Crippen MR) is 72.3 cm³/mol. The van der Waals surface area contributed by atoms with E-state index in [1.807, 2.05) is 27.7 Å². The summed E-state index contributed by atoms with van der Waals surface area (Å²) in [7, 11) is 0. The number of rotatable bonds is 2. The average molecular weight is 271 g/mol. The molecule has 0 saturated carbocycles. The summed E-state index contributed by atoms with van der Waals surface area (Å²) in [5.74, 6) is -0.230. The number of piperidine rings is 1. The molecule has 2 unspecified atom stereocenters. The van der Waals surface area contributed by atoms with Gasteiger partial charge in [-0.25, -0.2) is 4.79 Å². The standard InChI is InChI=1S/C13H25N3O3/c1-9-5-13(15,6-10(14)17)8-16(7-9)11(18)19-12(2,3)4/h9H,5-8,15H2,1-4H3,(H2,14,17). The topological polar surface area (TPSA) is 98.7 Å². The van der Waals surface area contributed by atoms with Crippen molar-refractivity contribution in [3.8, 4) is 0 Å². The lowest BCUT2D eigenvalue weighted by Crippen LogP contribution is -2.59. The summed E-state index contributed by atoms with van der Waals surface area (Å²) in [6, 6.07) is 0. The van der Waals surface area contributed by atoms with E-state index in [9.17, 15) is 9.59 Å². The summed E-state index contributed by atoms with van der Waals surface area (Å²) in [6.07, 6.45) is 0.365. The molecule has 19 heavy (non-hydrogen) atoms. The number of hydrogen-bond donors (Lipinski definition) is 2. The summed E-state index contributed by atoms with van der Waals surface area (Å²) in [5.41, 5.74) is 10.1. The zero-order valence-corrected chi connectivity index (χ0v) is 12.2. The zero-order chi connectivity index (χ0) is 14.8. The van der Waals surface area contributed by atoms with Crippen molar-refractivity contribution in [1.82, 2.24) is 4.90 Å². The number of ether oxygens (including phenoxy) is 1. The first-order chi connectivity index (χ1) is 8.51. The van der Waals surface area contributed by atoms with Gasteiger partial charge >= 0.3 is 6.09 Å². The maximum atomic E-state index is 12.1. The van der Waals surface area contributed by atoms with Gasteiger partial charge in [-0.05, 0) is 33.1 Å². The third kappa shape index (κ3) is 5.06. The Morgan fingerprint density at radius 3 is 2.47 bits per heavy atom. The van der Waals surface area contributed by atoms with Gasteiger partial charge in [0.15, 0.2) is 0 Å². The van der Waals surface area contributed by atoms with E-state index in [0.717, 1.165) is 0 Å². The van der Waals surface area contributed by atoms with E-state index >= 15 is 0 Å². The molecule has 6 heteroatoms. The molecule has 0 bridgehead atoms. The normalized spacial score (nSPS) is 28.1. The van der Waals surface area contributed by atoms with Crippen LogP contribution in [-0.4, -0.2) is 41.1 Å². The molecule has 1 saturated heterocycles. The Hall–Kier alpha value is -1.30. The second kappa shape index (κ2) is 5.36. The average Bonchev–Trinajstić information content (AvgIpc) is 2.10. The monoisotopic (exact) mass is 271 g/mol. The van der Waals surface area contributed by atoms with Crippen LogP contribution in [0, 0.1) is 5.92 Å². The third-order valence-electron chi connectivity index (χ3n) is 2.97. The summed E-state index contributed by atoms with van der Waals surface area (Å²) >= 11 is 0. The van der Waals surface area contributed by atoms with Crippen LogP contribution < -0.4 is 11.5 Å². The summed E-state index contributed by atoms with van der Waals surface area (Å²) < 4.78 is 5.34. The minimum Gasteiger partial charge on any atom is -0.444 e. The van der Waals surface area contributed by atoms with Crippen LogP contribution in [-0.2, 0) is 9.53 Å². The van der Waals surface area contributed by atoms with Crippen LogP contribution in [0.3, 0.4) is 0 Å². The molecule has 1 aliphatic heterocycles. The molecule has 0 aliphatic carbocycles. The number of hydrogen-bond acceptors (Lipinski definition) is 4. The quantitative estimate of drug-likeness (QED) is 0.777. The van der Waals surface area contributed by atoms with E-state index in [-0.39, 0.29) is 12.3 Å². The highest BCUT2D eigenvalue weighted by atomic mass is 16.6. The molecule has 110 valence electrons. The van der Waals surface area contributed by atoms with Gasteiger partial charge in [0, 0.05) is 25.0 Å². The first-order valence-corrected chi connectivity index (χ1v) is 6.56. The summed E-state index contributed by atoms with van der Waals surface area (Å²) in [6.45, 7) is 8.34. The summed E-state index contributed by atoms with van der Waals surface area (Å²) in [5, 5.41) is 0. The maximum absolute atomic E-state index is 12.1. The molecule has 2 atom stereocenters. The van der Waals surface area contributed by atoms with Gasteiger partial charge in [-0.3, -0.25) is 4.79 Å². The van der Waals surface area contributed by atoms with Gasteiger partial charge in [-0.15, -0.1) is 0 Å². The lowest BCUT2D eigenvalue weighted by molar-refractivity contribution is -0.119. The van der Waals surface area contributed by atoms with Crippen LogP contribution in [0.2, 0.25) is 0 Å². The molecule has 1 rings (SSSR count). The Bertz CT molecular complexity index is 365. The molecular weight excluding hydrogens is 246 g/mol. The van der Waals surface area contributed by atoms with Gasteiger partial charge in [0.2, 0.25) is 5.91 Å². The van der Waals surface area contributed by atoms with Gasteiger partial charge < -0.3 is 21.1 Å². The second-order valence-electron chi connectivity index (χ2n) is 6.68. The fraction of sp³-hybridized carbons (Fsp3) is 0.846. The number of likely N-dealkylation sites (tertiary alicyclic amines) is 1. The molecule has 4 N–H and O–H groups in total. The van der Waals surface area contributed by atoms with E-state index in [1.165, 1.54) is 0 Å². The van der Waals surface area contributed by atoms with Crippen LogP contribution in [0.25, 0.3) is 0 Å². The third-order valence-corrected chi connectivity index (χ3v) is 2.97. The van der Waals surface area contributed by atoms with Crippen molar-refractivity contribution >= 4 is 12.0 Å². The smallest absolute Gasteiger partial charge is 0.410 e. The lowest BCUT2D eigenvalue weighted by atomic mass is 9.82. The van der Waals surface area contributed by atoms with Crippen molar-refractivity contribution in [2.24, 2.45) is 17.4 Å². The van der Waals surface area contributed by atoms with Crippen molar-refractivity contribution in [3.05, 3.63) is 0 Å². The number of nitrogens with two attached hydrogens (primary N) is 2. The highest BCUT2D eigenvalue weighted by Gasteiger charge is 2.39. The molecular formula is C13H25N3O3. The van der Waals surface area contributed by atoms with Crippen LogP contribution >= 0.6 is 0 Å². The van der Waals surface area contributed by atoms with Gasteiger partial charge in [-0.1, -0.05) is 6.92 Å². The largest absolute Gasteiger partial charge is 0.444 e. The van der Waals surface area contributed by atoms with E-state index in [2.05, 4.69) is 0 Å². The van der Waals surface area contributed by atoms with Crippen molar-refractivity contribution in [2.75, 3.05) is 13.1 Å². The minimum atomic E-state index is -0.750. The highest BCUT2D eigenvalue weighted by molar-refractivity contribution is 5.75. The van der Waals surface area contributed by atoms with E-state index < -0.39 is 23.1 Å². The molecule has 0 aromatic heterocycles. The molecule has 0 aromatic rings. The SMILES string of the molecule is CC1CN(C(=O)OC(C)(C)C)CC(N)(CC(N)=O)C1. The molecule has 0 spiro atoms. The molecule has 0 radical (unpaired) electrons. The van der Waals surface area contributed by atoms with Gasteiger partial charge in [0.1, 0.15) is 5.60 Å². The predicted octanol–water partition coefficient (Wildman–Crippen LogP) is 0.836. The molecule has 1 aliphatic rings. The van der Waals surface area contributed by atoms with Gasteiger partial charge in [0.05, 0.1) is 0 Å². The zero-order valence-electron chi connectivity index (χ0n) is 12.2. The fourth-order valence-corrected chi connectivity index (χ4v) is 2.58. The number of carbonyl (C=O) groups excluding carboxylic acids is 2. The van der Waals surface area contributed by atoms with Gasteiger partial charge in [0.25, 0.3) is 0 Å². The maximum Gasteiger partial charge on any atom is 0.410 e. The Balaban J connectivity index is 2.75. The molecule has 1 heterocycles. The fourth-order valence-electron chi connectivity index (χ4n) is 2.58. The Kier molecular flexibility index (Phi) is 4.45. The minimum absolute atomic E-state index is 0.0800. The molecule has 6 nitrogen and oxygen atoms in total.